The van der Waals surface area contributed by atoms with Gasteiger partial charge in [0.05, 0.1) is 11.9 Å². The Morgan fingerprint density at radius 3 is 2.57 bits per heavy atom. The molecule has 23 heavy (non-hydrogen) atoms. The molecule has 0 aliphatic heterocycles. The van der Waals surface area contributed by atoms with Crippen LogP contribution in [0.15, 0.2) is 42.7 Å². The fraction of sp³-hybridized carbons (Fsp3) is 0.235. The minimum Gasteiger partial charge on any atom is -0.326 e. The van der Waals surface area contributed by atoms with E-state index in [1.165, 1.54) is 13.0 Å². The van der Waals surface area contributed by atoms with Gasteiger partial charge in [0.2, 0.25) is 11.8 Å². The third-order valence-electron chi connectivity index (χ3n) is 3.01. The summed E-state index contributed by atoms with van der Waals surface area (Å²) in [5.41, 5.74) is 2.27. The molecule has 0 fully saturated rings. The quantitative estimate of drug-likeness (QED) is 0.805. The summed E-state index contributed by atoms with van der Waals surface area (Å²) in [5.74, 6) is -0.330. The molecular weight excluding hydrogens is 292 g/mol. The molecule has 2 rings (SSSR count). The Kier molecular flexibility index (Phi) is 5.68. The summed E-state index contributed by atoms with van der Waals surface area (Å²) >= 11 is 0. The molecule has 1 aromatic carbocycles. The number of nitrogens with one attached hydrogen (secondary N) is 2. The van der Waals surface area contributed by atoms with Crippen LogP contribution in [0.5, 0.6) is 0 Å². The van der Waals surface area contributed by atoms with E-state index >= 15 is 0 Å². The summed E-state index contributed by atoms with van der Waals surface area (Å²) in [6.45, 7) is 4.35. The van der Waals surface area contributed by atoms with E-state index in [-0.39, 0.29) is 11.8 Å². The topological polar surface area (TPSA) is 76.0 Å². The van der Waals surface area contributed by atoms with Gasteiger partial charge in [0.1, 0.15) is 0 Å². The van der Waals surface area contributed by atoms with Crippen LogP contribution < -0.4 is 10.6 Å². The average molecular weight is 312 g/mol. The fourth-order valence-electron chi connectivity index (χ4n) is 2.02. The van der Waals surface area contributed by atoms with Gasteiger partial charge < -0.3 is 10.6 Å². The minimum absolute atomic E-state index is 0.115. The first-order chi connectivity index (χ1) is 11.1. The molecule has 6 heteroatoms. The highest BCUT2D eigenvalue weighted by Crippen LogP contribution is 2.11. The van der Waals surface area contributed by atoms with Gasteiger partial charge in [0.15, 0.2) is 0 Å². The van der Waals surface area contributed by atoms with Gasteiger partial charge in [-0.3, -0.25) is 14.3 Å². The Balaban J connectivity index is 1.90. The van der Waals surface area contributed by atoms with E-state index in [1.54, 1.807) is 35.3 Å². The van der Waals surface area contributed by atoms with Crippen molar-refractivity contribution in [1.29, 1.82) is 0 Å². The number of hydrogen-bond donors (Lipinski definition) is 2. The number of aryl methyl sites for hydroxylation is 1. The van der Waals surface area contributed by atoms with Crippen molar-refractivity contribution < 1.29 is 9.59 Å². The van der Waals surface area contributed by atoms with Gasteiger partial charge >= 0.3 is 0 Å². The van der Waals surface area contributed by atoms with Crippen molar-refractivity contribution in [3.63, 3.8) is 0 Å². The van der Waals surface area contributed by atoms with Crippen LogP contribution in [0.25, 0.3) is 6.08 Å². The zero-order valence-corrected chi connectivity index (χ0v) is 13.2. The summed E-state index contributed by atoms with van der Waals surface area (Å²) in [4.78, 5) is 22.8. The summed E-state index contributed by atoms with van der Waals surface area (Å²) in [5, 5.41) is 9.61. The number of aromatic nitrogens is 2. The van der Waals surface area contributed by atoms with Crippen LogP contribution in [-0.2, 0) is 16.1 Å². The Hall–Kier alpha value is -2.89. The number of hydrogen-bond acceptors (Lipinski definition) is 3. The monoisotopic (exact) mass is 312 g/mol. The Morgan fingerprint density at radius 1 is 1.17 bits per heavy atom. The molecule has 1 heterocycles. The maximum Gasteiger partial charge on any atom is 0.248 e. The van der Waals surface area contributed by atoms with Gasteiger partial charge in [-0.05, 0) is 30.2 Å². The Bertz CT molecular complexity index is 702. The van der Waals surface area contributed by atoms with Crippen LogP contribution in [0.1, 0.15) is 25.8 Å². The van der Waals surface area contributed by atoms with Gasteiger partial charge in [-0.15, -0.1) is 0 Å². The van der Waals surface area contributed by atoms with Crippen molar-refractivity contribution in [3.8, 4) is 0 Å². The van der Waals surface area contributed by atoms with Crippen LogP contribution in [-0.4, -0.2) is 21.6 Å². The first-order valence-electron chi connectivity index (χ1n) is 7.46. The number of carbonyl (C=O) groups excluding carboxylic acids is 2. The molecule has 0 aliphatic rings. The largest absolute Gasteiger partial charge is 0.326 e. The SMILES string of the molecule is CCCn1cc(NC(=O)/C=C\c2ccc(NC(C)=O)cc2)cn1. The predicted octanol–water partition coefficient (Wildman–Crippen LogP) is 2.90. The predicted molar refractivity (Wildman–Crippen MR) is 90.9 cm³/mol. The maximum absolute atomic E-state index is 11.9. The lowest BCUT2D eigenvalue weighted by atomic mass is 10.2. The van der Waals surface area contributed by atoms with Crippen molar-refractivity contribution in [2.75, 3.05) is 10.6 Å². The Morgan fingerprint density at radius 2 is 1.91 bits per heavy atom. The molecule has 0 bridgehead atoms. The number of nitrogens with zero attached hydrogens (tertiary/aromatic N) is 2. The molecule has 0 radical (unpaired) electrons. The second kappa shape index (κ2) is 7.93. The first kappa shape index (κ1) is 16.5. The third-order valence-corrected chi connectivity index (χ3v) is 3.01. The molecule has 0 atom stereocenters. The van der Waals surface area contributed by atoms with Gasteiger partial charge in [-0.1, -0.05) is 19.1 Å². The fourth-order valence-corrected chi connectivity index (χ4v) is 2.02. The van der Waals surface area contributed by atoms with Crippen molar-refractivity contribution in [1.82, 2.24) is 9.78 Å². The molecule has 6 nitrogen and oxygen atoms in total. The molecule has 2 N–H and O–H groups in total. The second-order valence-corrected chi connectivity index (χ2v) is 5.12. The van der Waals surface area contributed by atoms with E-state index in [1.807, 2.05) is 12.1 Å². The van der Waals surface area contributed by atoms with E-state index in [2.05, 4.69) is 22.7 Å². The molecule has 2 aromatic rings. The van der Waals surface area contributed by atoms with Crippen molar-refractivity contribution in [3.05, 3.63) is 48.3 Å². The highest BCUT2D eigenvalue weighted by Gasteiger charge is 2.01. The second-order valence-electron chi connectivity index (χ2n) is 5.12. The van der Waals surface area contributed by atoms with Crippen LogP contribution in [0.3, 0.4) is 0 Å². The van der Waals surface area contributed by atoms with E-state index in [0.717, 1.165) is 24.2 Å². The zero-order valence-electron chi connectivity index (χ0n) is 13.2. The van der Waals surface area contributed by atoms with Gasteiger partial charge in [0.25, 0.3) is 0 Å². The average Bonchev–Trinajstić information content (AvgIpc) is 2.93. The normalized spacial score (nSPS) is 10.7. The molecule has 120 valence electrons. The summed E-state index contributed by atoms with van der Waals surface area (Å²) in [7, 11) is 0. The number of amides is 2. The lowest BCUT2D eigenvalue weighted by molar-refractivity contribution is -0.114. The van der Waals surface area contributed by atoms with Gasteiger partial charge in [0, 0.05) is 31.4 Å². The molecule has 2 amide bonds. The van der Waals surface area contributed by atoms with Crippen molar-refractivity contribution in [2.24, 2.45) is 0 Å². The molecule has 0 saturated carbocycles. The number of benzene rings is 1. The minimum atomic E-state index is -0.216. The molecule has 0 saturated heterocycles. The summed E-state index contributed by atoms with van der Waals surface area (Å²) in [6.07, 6.45) is 7.60. The van der Waals surface area contributed by atoms with Crippen LogP contribution >= 0.6 is 0 Å². The number of carbonyl (C=O) groups is 2. The molecule has 1 aromatic heterocycles. The zero-order chi connectivity index (χ0) is 16.7. The number of anilines is 2. The Labute approximate surface area is 135 Å². The van der Waals surface area contributed by atoms with Gasteiger partial charge in [-0.2, -0.15) is 5.10 Å². The lowest BCUT2D eigenvalue weighted by Gasteiger charge is -2.01. The van der Waals surface area contributed by atoms with Crippen LogP contribution in [0.2, 0.25) is 0 Å². The van der Waals surface area contributed by atoms with Crippen LogP contribution in [0.4, 0.5) is 11.4 Å². The van der Waals surface area contributed by atoms with Crippen LogP contribution in [0, 0.1) is 0 Å². The standard InChI is InChI=1S/C17H20N4O2/c1-3-10-21-12-16(11-18-21)20-17(23)9-6-14-4-7-15(8-5-14)19-13(2)22/h4-9,11-12H,3,10H2,1-2H3,(H,19,22)(H,20,23)/b9-6-. The van der Waals surface area contributed by atoms with E-state index in [0.29, 0.717) is 5.69 Å². The first-order valence-corrected chi connectivity index (χ1v) is 7.46. The van der Waals surface area contributed by atoms with Gasteiger partial charge in [-0.25, -0.2) is 0 Å². The summed E-state index contributed by atoms with van der Waals surface area (Å²) in [6, 6.07) is 7.23. The van der Waals surface area contributed by atoms with E-state index in [4.69, 9.17) is 0 Å². The number of rotatable bonds is 6. The highest BCUT2D eigenvalue weighted by molar-refractivity contribution is 6.01. The molecule has 0 unspecified atom stereocenters. The van der Waals surface area contributed by atoms with E-state index < -0.39 is 0 Å². The van der Waals surface area contributed by atoms with Crippen molar-refractivity contribution in [2.45, 2.75) is 26.8 Å². The molecular formula is C17H20N4O2. The maximum atomic E-state index is 11.9. The molecule has 0 aliphatic carbocycles. The van der Waals surface area contributed by atoms with Crippen molar-refractivity contribution >= 4 is 29.3 Å². The lowest BCUT2D eigenvalue weighted by Crippen LogP contribution is -2.07. The highest BCUT2D eigenvalue weighted by atomic mass is 16.2. The smallest absolute Gasteiger partial charge is 0.248 e. The molecule has 0 spiro atoms. The van der Waals surface area contributed by atoms with E-state index in [9.17, 15) is 9.59 Å². The third kappa shape index (κ3) is 5.43. The summed E-state index contributed by atoms with van der Waals surface area (Å²) < 4.78 is 1.79.